The number of hydrogen-bond donors (Lipinski definition) is 1. The lowest BCUT2D eigenvalue weighted by Gasteiger charge is -2.20. The highest BCUT2D eigenvalue weighted by molar-refractivity contribution is 5.10. The number of aromatic nitrogens is 2. The van der Waals surface area contributed by atoms with E-state index in [4.69, 9.17) is 0 Å². The second-order valence-electron chi connectivity index (χ2n) is 3.69. The third kappa shape index (κ3) is 1.97. The average Bonchev–Trinajstić information content (AvgIpc) is 2.20. The van der Waals surface area contributed by atoms with E-state index in [-0.39, 0.29) is 5.69 Å². The Labute approximate surface area is 77.2 Å². The van der Waals surface area contributed by atoms with Crippen LogP contribution in [0, 0.1) is 0 Å². The van der Waals surface area contributed by atoms with Gasteiger partial charge in [0.1, 0.15) is 0 Å². The third-order valence-electron chi connectivity index (χ3n) is 2.77. The lowest BCUT2D eigenvalue weighted by Crippen LogP contribution is -2.12. The SMILES string of the molecule is O=c1ncc(C2CCCCC2)c[nH]1. The van der Waals surface area contributed by atoms with Gasteiger partial charge in [0.15, 0.2) is 0 Å². The maximum absolute atomic E-state index is 10.7. The average molecular weight is 178 g/mol. The lowest BCUT2D eigenvalue weighted by molar-refractivity contribution is 0.441. The Morgan fingerprint density at radius 1 is 1.31 bits per heavy atom. The fourth-order valence-electron chi connectivity index (χ4n) is 2.01. The molecule has 70 valence electrons. The lowest BCUT2D eigenvalue weighted by atomic mass is 9.85. The molecule has 1 aromatic heterocycles. The summed E-state index contributed by atoms with van der Waals surface area (Å²) in [6.45, 7) is 0. The van der Waals surface area contributed by atoms with Gasteiger partial charge in [-0.2, -0.15) is 0 Å². The summed E-state index contributed by atoms with van der Waals surface area (Å²) in [5, 5.41) is 0. The first-order valence-electron chi connectivity index (χ1n) is 4.91. The first-order chi connectivity index (χ1) is 6.36. The highest BCUT2D eigenvalue weighted by atomic mass is 16.1. The van der Waals surface area contributed by atoms with Gasteiger partial charge in [-0.3, -0.25) is 0 Å². The predicted octanol–water partition coefficient (Wildman–Crippen LogP) is 1.82. The summed E-state index contributed by atoms with van der Waals surface area (Å²) in [7, 11) is 0. The van der Waals surface area contributed by atoms with Crippen LogP contribution in [0.25, 0.3) is 0 Å². The summed E-state index contributed by atoms with van der Waals surface area (Å²) in [5.74, 6) is 0.623. The molecule has 13 heavy (non-hydrogen) atoms. The van der Waals surface area contributed by atoms with Crippen LogP contribution in [-0.4, -0.2) is 9.97 Å². The van der Waals surface area contributed by atoms with Crippen LogP contribution in [0.4, 0.5) is 0 Å². The van der Waals surface area contributed by atoms with Crippen LogP contribution in [0.1, 0.15) is 43.6 Å². The third-order valence-corrected chi connectivity index (χ3v) is 2.77. The Kier molecular flexibility index (Phi) is 2.43. The zero-order valence-electron chi connectivity index (χ0n) is 7.62. The number of rotatable bonds is 1. The van der Waals surface area contributed by atoms with Gasteiger partial charge in [-0.15, -0.1) is 0 Å². The molecule has 2 rings (SSSR count). The maximum atomic E-state index is 10.7. The van der Waals surface area contributed by atoms with Gasteiger partial charge in [-0.1, -0.05) is 19.3 Å². The van der Waals surface area contributed by atoms with Gasteiger partial charge in [0.05, 0.1) is 0 Å². The van der Waals surface area contributed by atoms with Crippen molar-refractivity contribution in [2.75, 3.05) is 0 Å². The van der Waals surface area contributed by atoms with Gasteiger partial charge in [0.2, 0.25) is 0 Å². The second kappa shape index (κ2) is 3.73. The monoisotopic (exact) mass is 178 g/mol. The van der Waals surface area contributed by atoms with E-state index in [1.807, 2.05) is 6.20 Å². The topological polar surface area (TPSA) is 45.8 Å². The number of hydrogen-bond acceptors (Lipinski definition) is 2. The number of nitrogens with zero attached hydrogens (tertiary/aromatic N) is 1. The van der Waals surface area contributed by atoms with Crippen LogP contribution in [0.15, 0.2) is 17.2 Å². The first-order valence-corrected chi connectivity index (χ1v) is 4.91. The number of nitrogens with one attached hydrogen (secondary N) is 1. The Morgan fingerprint density at radius 2 is 2.08 bits per heavy atom. The van der Waals surface area contributed by atoms with Crippen molar-refractivity contribution in [3.63, 3.8) is 0 Å². The number of aromatic amines is 1. The zero-order chi connectivity index (χ0) is 9.10. The van der Waals surface area contributed by atoms with Crippen molar-refractivity contribution in [2.24, 2.45) is 0 Å². The molecule has 0 amide bonds. The summed E-state index contributed by atoms with van der Waals surface area (Å²) >= 11 is 0. The molecule has 0 unspecified atom stereocenters. The van der Waals surface area contributed by atoms with E-state index in [0.29, 0.717) is 5.92 Å². The van der Waals surface area contributed by atoms with Gasteiger partial charge >= 0.3 is 5.69 Å². The quantitative estimate of drug-likeness (QED) is 0.713. The first kappa shape index (κ1) is 8.48. The second-order valence-corrected chi connectivity index (χ2v) is 3.69. The molecule has 3 nitrogen and oxygen atoms in total. The van der Waals surface area contributed by atoms with Crippen molar-refractivity contribution in [2.45, 2.75) is 38.0 Å². The van der Waals surface area contributed by atoms with Gasteiger partial charge in [0, 0.05) is 12.4 Å². The molecule has 1 aromatic rings. The van der Waals surface area contributed by atoms with Crippen LogP contribution < -0.4 is 5.69 Å². The normalized spacial score (nSPS) is 18.8. The van der Waals surface area contributed by atoms with Crippen LogP contribution in [-0.2, 0) is 0 Å². The summed E-state index contributed by atoms with van der Waals surface area (Å²) in [6, 6.07) is 0. The highest BCUT2D eigenvalue weighted by Crippen LogP contribution is 2.31. The van der Waals surface area contributed by atoms with Crippen LogP contribution in [0.2, 0.25) is 0 Å². The minimum Gasteiger partial charge on any atom is -0.312 e. The van der Waals surface area contributed by atoms with E-state index in [9.17, 15) is 4.79 Å². The van der Waals surface area contributed by atoms with E-state index in [0.717, 1.165) is 0 Å². The van der Waals surface area contributed by atoms with Gasteiger partial charge < -0.3 is 4.98 Å². The molecule has 1 fully saturated rings. The van der Waals surface area contributed by atoms with E-state index in [1.165, 1.54) is 37.7 Å². The minimum atomic E-state index is -0.250. The van der Waals surface area contributed by atoms with Crippen LogP contribution >= 0.6 is 0 Å². The molecular weight excluding hydrogens is 164 g/mol. The van der Waals surface area contributed by atoms with E-state index >= 15 is 0 Å². The van der Waals surface area contributed by atoms with E-state index in [2.05, 4.69) is 9.97 Å². The van der Waals surface area contributed by atoms with Crippen molar-refractivity contribution >= 4 is 0 Å². The van der Waals surface area contributed by atoms with Gasteiger partial charge in [-0.05, 0) is 24.3 Å². The molecule has 3 heteroatoms. The summed E-state index contributed by atoms with van der Waals surface area (Å²) in [5.41, 5.74) is 0.943. The molecule has 0 spiro atoms. The molecule has 1 heterocycles. The molecule has 1 aliphatic rings. The van der Waals surface area contributed by atoms with Crippen molar-refractivity contribution in [1.29, 1.82) is 0 Å². The van der Waals surface area contributed by atoms with Crippen molar-refractivity contribution in [1.82, 2.24) is 9.97 Å². The molecule has 0 radical (unpaired) electrons. The van der Waals surface area contributed by atoms with Crippen molar-refractivity contribution in [3.8, 4) is 0 Å². The van der Waals surface area contributed by atoms with Crippen LogP contribution in [0.3, 0.4) is 0 Å². The van der Waals surface area contributed by atoms with Crippen molar-refractivity contribution < 1.29 is 0 Å². The molecule has 0 aliphatic heterocycles. The molecule has 1 saturated carbocycles. The molecular formula is C10H14N2O. The largest absolute Gasteiger partial charge is 0.344 e. The molecule has 0 saturated heterocycles. The minimum absolute atomic E-state index is 0.250. The zero-order valence-corrected chi connectivity index (χ0v) is 7.62. The Balaban J connectivity index is 2.14. The maximum Gasteiger partial charge on any atom is 0.344 e. The molecule has 1 N–H and O–H groups in total. The van der Waals surface area contributed by atoms with E-state index < -0.39 is 0 Å². The summed E-state index contributed by atoms with van der Waals surface area (Å²) < 4.78 is 0. The van der Waals surface area contributed by atoms with Crippen LogP contribution in [0.5, 0.6) is 0 Å². The van der Waals surface area contributed by atoms with Gasteiger partial charge in [-0.25, -0.2) is 9.78 Å². The standard InChI is InChI=1S/C10H14N2O/c13-10-11-6-9(7-12-10)8-4-2-1-3-5-8/h6-8H,1-5H2,(H,11,12,13). The molecule has 0 aromatic carbocycles. The highest BCUT2D eigenvalue weighted by Gasteiger charge is 2.15. The Bertz CT molecular complexity index is 305. The fraction of sp³-hybridized carbons (Fsp3) is 0.600. The van der Waals surface area contributed by atoms with Crippen molar-refractivity contribution in [3.05, 3.63) is 28.4 Å². The van der Waals surface area contributed by atoms with E-state index in [1.54, 1.807) is 6.20 Å². The fourth-order valence-corrected chi connectivity index (χ4v) is 2.01. The smallest absolute Gasteiger partial charge is 0.312 e. The molecule has 0 atom stereocenters. The molecule has 0 bridgehead atoms. The predicted molar refractivity (Wildman–Crippen MR) is 50.7 cm³/mol. The Morgan fingerprint density at radius 3 is 2.69 bits per heavy atom. The summed E-state index contributed by atoms with van der Waals surface area (Å²) in [6.07, 6.45) is 9.99. The summed E-state index contributed by atoms with van der Waals surface area (Å²) in [4.78, 5) is 17.1. The molecule has 1 aliphatic carbocycles. The van der Waals surface area contributed by atoms with Gasteiger partial charge in [0.25, 0.3) is 0 Å². The number of H-pyrrole nitrogens is 1. The Hall–Kier alpha value is -1.12.